The van der Waals surface area contributed by atoms with E-state index in [1.807, 2.05) is 38.1 Å². The summed E-state index contributed by atoms with van der Waals surface area (Å²) in [4.78, 5) is 16.6. The molecule has 0 saturated heterocycles. The van der Waals surface area contributed by atoms with Crippen LogP contribution in [0.3, 0.4) is 0 Å². The number of aromatic amines is 1. The monoisotopic (exact) mass is 578 g/mol. The highest BCUT2D eigenvalue weighted by Crippen LogP contribution is 2.39. The zero-order chi connectivity index (χ0) is 29.9. The van der Waals surface area contributed by atoms with Crippen molar-refractivity contribution in [2.75, 3.05) is 13.2 Å². The number of aliphatic hydroxyl groups is 1. The van der Waals surface area contributed by atoms with Crippen molar-refractivity contribution in [3.63, 3.8) is 0 Å². The van der Waals surface area contributed by atoms with E-state index < -0.39 is 42.0 Å². The lowest BCUT2D eigenvalue weighted by Crippen LogP contribution is -2.41. The Kier molecular flexibility index (Phi) is 8.67. The number of rotatable bonds is 9. The highest BCUT2D eigenvalue weighted by Gasteiger charge is 2.37. The number of halogens is 6. The Labute approximate surface area is 232 Å². The minimum Gasteiger partial charge on any atom is -0.493 e. The first-order valence-corrected chi connectivity index (χ1v) is 12.9. The number of fused-ring (bicyclic) bond motifs is 1. The lowest BCUT2D eigenvalue weighted by atomic mass is 9.92. The molecule has 1 unspecified atom stereocenters. The van der Waals surface area contributed by atoms with Crippen molar-refractivity contribution in [2.45, 2.75) is 44.6 Å². The number of nitrogens with one attached hydrogen (secondary N) is 2. The number of alkyl halides is 6. The molecule has 4 aromatic rings. The van der Waals surface area contributed by atoms with Crippen LogP contribution in [0, 0.1) is 0 Å². The molecule has 11 heteroatoms. The highest BCUT2D eigenvalue weighted by molar-refractivity contribution is 5.98. The van der Waals surface area contributed by atoms with E-state index in [-0.39, 0.29) is 41.0 Å². The highest BCUT2D eigenvalue weighted by atomic mass is 19.4. The Morgan fingerprint density at radius 3 is 2.22 bits per heavy atom. The van der Waals surface area contributed by atoms with Gasteiger partial charge in [-0.2, -0.15) is 26.3 Å². The van der Waals surface area contributed by atoms with Crippen molar-refractivity contribution < 1.29 is 41.0 Å². The molecule has 1 aromatic heterocycles. The van der Waals surface area contributed by atoms with Crippen LogP contribution >= 0.6 is 0 Å². The minimum atomic E-state index is -5.02. The van der Waals surface area contributed by atoms with Crippen LogP contribution in [0.1, 0.15) is 53.2 Å². The average Bonchev–Trinajstić information content (AvgIpc) is 3.37. The number of para-hydroxylation sites is 1. The number of aromatic nitrogens is 1. The number of amides is 1. The molecule has 41 heavy (non-hydrogen) atoms. The van der Waals surface area contributed by atoms with Gasteiger partial charge in [-0.25, -0.2) is 0 Å². The molecule has 2 atom stereocenters. The molecule has 0 spiro atoms. The minimum absolute atomic E-state index is 0.0409. The predicted molar refractivity (Wildman–Crippen MR) is 143 cm³/mol. The van der Waals surface area contributed by atoms with Crippen LogP contribution in [0.25, 0.3) is 22.0 Å². The zero-order valence-electron chi connectivity index (χ0n) is 22.2. The van der Waals surface area contributed by atoms with Crippen LogP contribution in [0.4, 0.5) is 26.3 Å². The smallest absolute Gasteiger partial charge is 0.416 e. The summed E-state index contributed by atoms with van der Waals surface area (Å²) < 4.78 is 86.4. The van der Waals surface area contributed by atoms with Crippen molar-refractivity contribution in [3.8, 4) is 16.9 Å². The SMILES string of the molecule is CCCOc1ccc(-c2cc(C(F)(F)F)cc(C(F)(F)F)c2)cc1C(=O)NC(CO)[C@H](C)c1c[nH]c2ccccc12. The summed E-state index contributed by atoms with van der Waals surface area (Å²) >= 11 is 0. The van der Waals surface area contributed by atoms with Gasteiger partial charge in [0.1, 0.15) is 5.75 Å². The molecule has 5 nitrogen and oxygen atoms in total. The van der Waals surface area contributed by atoms with Crippen molar-refractivity contribution in [3.05, 3.63) is 89.1 Å². The Hall–Kier alpha value is -3.99. The molecule has 3 N–H and O–H groups in total. The van der Waals surface area contributed by atoms with Gasteiger partial charge in [-0.05, 0) is 59.5 Å². The van der Waals surface area contributed by atoms with E-state index >= 15 is 0 Å². The molecule has 1 amide bonds. The first-order valence-electron chi connectivity index (χ1n) is 12.9. The van der Waals surface area contributed by atoms with Gasteiger partial charge in [0.2, 0.25) is 0 Å². The molecule has 218 valence electrons. The van der Waals surface area contributed by atoms with Gasteiger partial charge in [0.05, 0.1) is 35.9 Å². The summed E-state index contributed by atoms with van der Waals surface area (Å²) in [7, 11) is 0. The van der Waals surface area contributed by atoms with Gasteiger partial charge in [-0.1, -0.05) is 38.1 Å². The molecule has 0 bridgehead atoms. The molecule has 4 rings (SSSR count). The third-order valence-corrected chi connectivity index (χ3v) is 6.84. The molecule has 0 aliphatic rings. The third-order valence-electron chi connectivity index (χ3n) is 6.84. The number of hydrogen-bond acceptors (Lipinski definition) is 3. The molecular weight excluding hydrogens is 550 g/mol. The van der Waals surface area contributed by atoms with Crippen LogP contribution in [-0.4, -0.2) is 35.3 Å². The molecular formula is C30H28F6N2O3. The molecule has 0 aliphatic heterocycles. The van der Waals surface area contributed by atoms with Crippen molar-refractivity contribution in [1.29, 1.82) is 0 Å². The van der Waals surface area contributed by atoms with Crippen molar-refractivity contribution in [1.82, 2.24) is 10.3 Å². The second-order valence-electron chi connectivity index (χ2n) is 9.69. The van der Waals surface area contributed by atoms with Gasteiger partial charge < -0.3 is 20.1 Å². The normalized spacial score (nSPS) is 13.7. The van der Waals surface area contributed by atoms with Crippen molar-refractivity contribution in [2.24, 2.45) is 0 Å². The average molecular weight is 579 g/mol. The first-order chi connectivity index (χ1) is 19.3. The fourth-order valence-corrected chi connectivity index (χ4v) is 4.61. The Morgan fingerprint density at radius 1 is 0.951 bits per heavy atom. The van der Waals surface area contributed by atoms with E-state index in [0.717, 1.165) is 16.5 Å². The maximum atomic E-state index is 13.5. The Morgan fingerprint density at radius 2 is 1.61 bits per heavy atom. The maximum absolute atomic E-state index is 13.5. The molecule has 0 saturated carbocycles. The quantitative estimate of drug-likeness (QED) is 0.180. The standard InChI is InChI=1S/C30H28F6N2O3/c1-3-10-41-27-9-8-18(19-11-20(29(31,32)33)14-21(12-19)30(34,35)36)13-23(27)28(40)38-26(16-39)17(2)24-15-37-25-7-5-4-6-22(24)25/h4-9,11-15,17,26,37,39H,3,10,16H2,1-2H3,(H,38,40)/t17-,26?/m1/s1. The largest absolute Gasteiger partial charge is 0.493 e. The lowest BCUT2D eigenvalue weighted by molar-refractivity contribution is -0.143. The van der Waals surface area contributed by atoms with Gasteiger partial charge in [-0.3, -0.25) is 4.79 Å². The fraction of sp³-hybridized carbons (Fsp3) is 0.300. The second-order valence-corrected chi connectivity index (χ2v) is 9.69. The van der Waals surface area contributed by atoms with Crippen LogP contribution in [0.5, 0.6) is 5.75 Å². The van der Waals surface area contributed by atoms with Crippen LogP contribution < -0.4 is 10.1 Å². The molecule has 0 aliphatic carbocycles. The summed E-state index contributed by atoms with van der Waals surface area (Å²) in [6, 6.07) is 11.8. The van der Waals surface area contributed by atoms with Gasteiger partial charge in [0, 0.05) is 23.0 Å². The van der Waals surface area contributed by atoms with E-state index in [4.69, 9.17) is 4.74 Å². The van der Waals surface area contributed by atoms with E-state index in [1.54, 1.807) is 6.20 Å². The van der Waals surface area contributed by atoms with Gasteiger partial charge >= 0.3 is 12.4 Å². The lowest BCUT2D eigenvalue weighted by Gasteiger charge is -2.24. The van der Waals surface area contributed by atoms with E-state index in [1.165, 1.54) is 18.2 Å². The van der Waals surface area contributed by atoms with Crippen LogP contribution in [0.2, 0.25) is 0 Å². The van der Waals surface area contributed by atoms with Crippen molar-refractivity contribution >= 4 is 16.8 Å². The summed E-state index contributed by atoms with van der Waals surface area (Å²) in [5.74, 6) is -0.958. The summed E-state index contributed by atoms with van der Waals surface area (Å²) in [5.41, 5.74) is -1.71. The second kappa shape index (κ2) is 11.9. The molecule has 0 fully saturated rings. The van der Waals surface area contributed by atoms with E-state index in [9.17, 15) is 36.2 Å². The van der Waals surface area contributed by atoms with E-state index in [0.29, 0.717) is 18.6 Å². The van der Waals surface area contributed by atoms with E-state index in [2.05, 4.69) is 10.3 Å². The molecule has 1 heterocycles. The Bertz CT molecular complexity index is 1490. The topological polar surface area (TPSA) is 74.3 Å². The van der Waals surface area contributed by atoms with Gasteiger partial charge in [0.15, 0.2) is 0 Å². The third kappa shape index (κ3) is 6.67. The molecule has 3 aromatic carbocycles. The first kappa shape index (κ1) is 30.0. The number of hydrogen-bond donors (Lipinski definition) is 3. The van der Waals surface area contributed by atoms with Crippen LogP contribution in [0.15, 0.2) is 66.9 Å². The maximum Gasteiger partial charge on any atom is 0.416 e. The van der Waals surface area contributed by atoms with Crippen LogP contribution in [-0.2, 0) is 12.4 Å². The Balaban J connectivity index is 1.72. The number of aliphatic hydroxyl groups excluding tert-OH is 1. The number of ether oxygens (including phenoxy) is 1. The number of carbonyl (C=O) groups excluding carboxylic acids is 1. The summed E-state index contributed by atoms with van der Waals surface area (Å²) in [6.07, 6.45) is -7.67. The fourth-order valence-electron chi connectivity index (χ4n) is 4.61. The number of H-pyrrole nitrogens is 1. The van der Waals surface area contributed by atoms with Gasteiger partial charge in [-0.15, -0.1) is 0 Å². The molecule has 0 radical (unpaired) electrons. The zero-order valence-corrected chi connectivity index (χ0v) is 22.2. The van der Waals surface area contributed by atoms with Gasteiger partial charge in [0.25, 0.3) is 5.91 Å². The summed E-state index contributed by atoms with van der Waals surface area (Å²) in [5, 5.41) is 13.8. The predicted octanol–water partition coefficient (Wildman–Crippen LogP) is 7.56. The number of benzene rings is 3. The summed E-state index contributed by atoms with van der Waals surface area (Å²) in [6.45, 7) is 3.44. The number of carbonyl (C=O) groups is 1.